The van der Waals surface area contributed by atoms with Crippen molar-refractivity contribution in [3.63, 3.8) is 0 Å². The van der Waals surface area contributed by atoms with Gasteiger partial charge in [0, 0.05) is 44.0 Å². The predicted molar refractivity (Wildman–Crippen MR) is 115 cm³/mol. The lowest BCUT2D eigenvalue weighted by atomic mass is 9.73. The zero-order chi connectivity index (χ0) is 19.1. The summed E-state index contributed by atoms with van der Waals surface area (Å²) in [7, 11) is 0. The standard InChI is InChI=1S/C21H24N6S/c1-15-7-9-22-18(10-15)26-11-21(12-26)13-27(14-21)20(28)25-24-17-6-2-4-16-5-3-8-23-19(16)17/h3,5,7-10H,2,4,6,11-14H2,1H3,(H,25,28)/b24-17+. The number of nitrogens with one attached hydrogen (secondary N) is 1. The van der Waals surface area contributed by atoms with Gasteiger partial charge in [-0.3, -0.25) is 10.4 Å². The number of hydrogen-bond acceptors (Lipinski definition) is 5. The molecule has 0 amide bonds. The minimum Gasteiger partial charge on any atom is -0.355 e. The highest BCUT2D eigenvalue weighted by Crippen LogP contribution is 2.41. The molecular weight excluding hydrogens is 368 g/mol. The van der Waals surface area contributed by atoms with E-state index in [2.05, 4.69) is 49.4 Å². The van der Waals surface area contributed by atoms with Crippen LogP contribution in [0.3, 0.4) is 0 Å². The SMILES string of the molecule is Cc1ccnc(N2CC3(CN(C(=S)N/N=C4\CCCc5cccnc54)C3)C2)c1. The highest BCUT2D eigenvalue weighted by atomic mass is 32.1. The third-order valence-electron chi connectivity index (χ3n) is 5.93. The minimum absolute atomic E-state index is 0.350. The van der Waals surface area contributed by atoms with Crippen LogP contribution in [0, 0.1) is 12.3 Å². The second kappa shape index (κ2) is 6.81. The minimum atomic E-state index is 0.350. The van der Waals surface area contributed by atoms with E-state index in [1.54, 1.807) is 0 Å². The van der Waals surface area contributed by atoms with Crippen molar-refractivity contribution < 1.29 is 0 Å². The Morgan fingerprint density at radius 3 is 2.82 bits per heavy atom. The van der Waals surface area contributed by atoms with Crippen LogP contribution in [0.1, 0.15) is 29.7 Å². The zero-order valence-corrected chi connectivity index (χ0v) is 16.9. The lowest BCUT2D eigenvalue weighted by molar-refractivity contribution is 0.0283. The first-order valence-corrected chi connectivity index (χ1v) is 10.3. The molecule has 2 aromatic rings. The first-order chi connectivity index (χ1) is 13.6. The lowest BCUT2D eigenvalue weighted by Gasteiger charge is -2.60. The lowest BCUT2D eigenvalue weighted by Crippen LogP contribution is -2.73. The molecule has 0 bridgehead atoms. The molecule has 6 nitrogen and oxygen atoms in total. The Morgan fingerprint density at radius 2 is 2.00 bits per heavy atom. The zero-order valence-electron chi connectivity index (χ0n) is 16.1. The van der Waals surface area contributed by atoms with Gasteiger partial charge in [-0.05, 0) is 67.7 Å². The molecule has 1 aliphatic carbocycles. The van der Waals surface area contributed by atoms with Crippen LogP contribution in [-0.2, 0) is 6.42 Å². The molecule has 0 aromatic carbocycles. The highest BCUT2D eigenvalue weighted by Gasteiger charge is 2.52. The molecule has 2 fully saturated rings. The van der Waals surface area contributed by atoms with E-state index in [1.807, 2.05) is 24.5 Å². The Balaban J connectivity index is 1.16. The highest BCUT2D eigenvalue weighted by molar-refractivity contribution is 7.80. The molecule has 0 atom stereocenters. The normalized spacial score (nSPS) is 21.1. The van der Waals surface area contributed by atoms with Crippen LogP contribution in [0.25, 0.3) is 0 Å². The second-order valence-corrected chi connectivity index (χ2v) is 8.63. The van der Waals surface area contributed by atoms with E-state index < -0.39 is 0 Å². The molecule has 7 heteroatoms. The van der Waals surface area contributed by atoms with Crippen molar-refractivity contribution in [1.29, 1.82) is 0 Å². The molecule has 2 aromatic heterocycles. The number of aromatic nitrogens is 2. The largest absolute Gasteiger partial charge is 0.355 e. The Labute approximate surface area is 170 Å². The Bertz CT molecular complexity index is 941. The average Bonchev–Trinajstić information content (AvgIpc) is 2.64. The second-order valence-electron chi connectivity index (χ2n) is 8.24. The topological polar surface area (TPSA) is 56.7 Å². The van der Waals surface area contributed by atoms with Crippen molar-refractivity contribution in [2.24, 2.45) is 10.5 Å². The molecular formula is C21H24N6S. The summed E-state index contributed by atoms with van der Waals surface area (Å²) < 4.78 is 0. The molecule has 3 aliphatic rings. The summed E-state index contributed by atoms with van der Waals surface area (Å²) in [5, 5.41) is 5.31. The van der Waals surface area contributed by atoms with Gasteiger partial charge in [-0.15, -0.1) is 0 Å². The number of pyridine rings is 2. The number of fused-ring (bicyclic) bond motifs is 1. The summed E-state index contributed by atoms with van der Waals surface area (Å²) >= 11 is 5.57. The molecule has 0 unspecified atom stereocenters. The van der Waals surface area contributed by atoms with E-state index in [-0.39, 0.29) is 0 Å². The maximum absolute atomic E-state index is 5.57. The smallest absolute Gasteiger partial charge is 0.189 e. The van der Waals surface area contributed by atoms with Crippen LogP contribution >= 0.6 is 12.2 Å². The van der Waals surface area contributed by atoms with Gasteiger partial charge in [-0.25, -0.2) is 4.98 Å². The Kier molecular flexibility index (Phi) is 4.27. The molecule has 28 heavy (non-hydrogen) atoms. The fraction of sp³-hybridized carbons (Fsp3) is 0.429. The maximum atomic E-state index is 5.57. The number of anilines is 1. The number of hydrazone groups is 1. The van der Waals surface area contributed by atoms with Crippen LogP contribution in [0.4, 0.5) is 5.82 Å². The summed E-state index contributed by atoms with van der Waals surface area (Å²) in [6.45, 7) is 6.18. The van der Waals surface area contributed by atoms with Crippen molar-refractivity contribution in [3.05, 3.63) is 53.5 Å². The van der Waals surface area contributed by atoms with Gasteiger partial charge in [-0.2, -0.15) is 5.10 Å². The summed E-state index contributed by atoms with van der Waals surface area (Å²) in [5.74, 6) is 1.08. The van der Waals surface area contributed by atoms with Gasteiger partial charge in [0.25, 0.3) is 0 Å². The number of thiocarbonyl (C=S) groups is 1. The van der Waals surface area contributed by atoms with Gasteiger partial charge in [0.1, 0.15) is 5.82 Å². The molecule has 2 aliphatic heterocycles. The van der Waals surface area contributed by atoms with Crippen LogP contribution in [0.15, 0.2) is 41.8 Å². The maximum Gasteiger partial charge on any atom is 0.189 e. The molecule has 2 saturated heterocycles. The molecule has 1 spiro atoms. The van der Waals surface area contributed by atoms with Crippen molar-refractivity contribution in [2.75, 3.05) is 31.1 Å². The Hall–Kier alpha value is -2.54. The number of aryl methyl sites for hydroxylation is 2. The third kappa shape index (κ3) is 3.13. The van der Waals surface area contributed by atoms with Gasteiger partial charge < -0.3 is 9.80 Å². The van der Waals surface area contributed by atoms with Crippen LogP contribution in [0.2, 0.25) is 0 Å². The molecule has 1 N–H and O–H groups in total. The van der Waals surface area contributed by atoms with Crippen molar-refractivity contribution in [2.45, 2.75) is 26.2 Å². The number of rotatable bonds is 2. The number of likely N-dealkylation sites (tertiary alicyclic amines) is 1. The first kappa shape index (κ1) is 17.6. The van der Waals surface area contributed by atoms with Gasteiger partial charge in [-0.1, -0.05) is 6.07 Å². The van der Waals surface area contributed by atoms with E-state index in [4.69, 9.17) is 12.2 Å². The first-order valence-electron chi connectivity index (χ1n) is 9.85. The summed E-state index contributed by atoms with van der Waals surface area (Å²) in [5.41, 5.74) is 8.03. The van der Waals surface area contributed by atoms with E-state index in [0.29, 0.717) is 10.5 Å². The summed E-state index contributed by atoms with van der Waals surface area (Å²) in [6.07, 6.45) is 6.86. The fourth-order valence-electron chi connectivity index (χ4n) is 4.49. The Morgan fingerprint density at radius 1 is 1.14 bits per heavy atom. The monoisotopic (exact) mass is 392 g/mol. The molecule has 4 heterocycles. The van der Waals surface area contributed by atoms with Gasteiger partial charge >= 0.3 is 0 Å². The molecule has 144 valence electrons. The van der Waals surface area contributed by atoms with E-state index in [1.165, 1.54) is 11.1 Å². The summed E-state index contributed by atoms with van der Waals surface area (Å²) in [4.78, 5) is 13.6. The quantitative estimate of drug-likeness (QED) is 0.626. The van der Waals surface area contributed by atoms with E-state index >= 15 is 0 Å². The van der Waals surface area contributed by atoms with Crippen LogP contribution in [-0.4, -0.2) is 51.9 Å². The molecule has 0 saturated carbocycles. The van der Waals surface area contributed by atoms with Crippen molar-refractivity contribution in [1.82, 2.24) is 20.3 Å². The van der Waals surface area contributed by atoms with E-state index in [0.717, 1.165) is 62.7 Å². The van der Waals surface area contributed by atoms with Crippen molar-refractivity contribution >= 4 is 28.9 Å². The van der Waals surface area contributed by atoms with E-state index in [9.17, 15) is 0 Å². The van der Waals surface area contributed by atoms with Gasteiger partial charge in [0.15, 0.2) is 5.11 Å². The molecule has 0 radical (unpaired) electrons. The predicted octanol–water partition coefficient (Wildman–Crippen LogP) is 2.52. The van der Waals surface area contributed by atoms with Gasteiger partial charge in [0.05, 0.1) is 11.4 Å². The van der Waals surface area contributed by atoms with Crippen molar-refractivity contribution in [3.8, 4) is 0 Å². The molecule has 5 rings (SSSR count). The summed E-state index contributed by atoms with van der Waals surface area (Å²) in [6, 6.07) is 8.32. The van der Waals surface area contributed by atoms with Gasteiger partial charge in [0.2, 0.25) is 0 Å². The van der Waals surface area contributed by atoms with Crippen LogP contribution in [0.5, 0.6) is 0 Å². The van der Waals surface area contributed by atoms with Crippen LogP contribution < -0.4 is 10.3 Å². The fourth-order valence-corrected chi connectivity index (χ4v) is 4.66. The average molecular weight is 393 g/mol. The number of hydrogen-bond donors (Lipinski definition) is 1. The number of nitrogens with zero attached hydrogens (tertiary/aromatic N) is 5. The third-order valence-corrected chi connectivity index (χ3v) is 6.28.